The average molecular weight is 406 g/mol. The van der Waals surface area contributed by atoms with Gasteiger partial charge >= 0.3 is 0 Å². The van der Waals surface area contributed by atoms with Crippen LogP contribution in [0.1, 0.15) is 6.92 Å². The second-order valence-corrected chi connectivity index (χ2v) is 6.18. The smallest absolute Gasteiger partial charge is 0.243 e. The van der Waals surface area contributed by atoms with Crippen molar-refractivity contribution in [2.24, 2.45) is 0 Å². The molecule has 3 N–H and O–H groups in total. The number of carbonyl (C=O) groups excluding carboxylic acids is 2. The zero-order valence-corrected chi connectivity index (χ0v) is 15.4. The summed E-state index contributed by atoms with van der Waals surface area (Å²) in [7, 11) is 0. The molecule has 1 heterocycles. The first kappa shape index (κ1) is 19.9. The molecule has 2 amide bonds. The Labute approximate surface area is 150 Å². The van der Waals surface area contributed by atoms with Crippen molar-refractivity contribution >= 4 is 45.8 Å². The minimum atomic E-state index is -0.242. The third kappa shape index (κ3) is 6.47. The number of anilines is 1. The van der Waals surface area contributed by atoms with Gasteiger partial charge in [-0.15, -0.1) is 12.4 Å². The first-order valence-electron chi connectivity index (χ1n) is 7.32. The van der Waals surface area contributed by atoms with Crippen LogP contribution in [0.25, 0.3) is 0 Å². The van der Waals surface area contributed by atoms with Crippen molar-refractivity contribution in [2.45, 2.75) is 13.0 Å². The lowest BCUT2D eigenvalue weighted by Gasteiger charge is -2.33. The Kier molecular flexibility index (Phi) is 8.54. The fraction of sp³-hybridized carbons (Fsp3) is 0.467. The van der Waals surface area contributed by atoms with Gasteiger partial charge in [0.05, 0.1) is 18.8 Å². The summed E-state index contributed by atoms with van der Waals surface area (Å²) < 4.78 is 0.810. The first-order chi connectivity index (χ1) is 10.6. The van der Waals surface area contributed by atoms with Gasteiger partial charge in [-0.25, -0.2) is 0 Å². The molecule has 0 radical (unpaired) electrons. The minimum Gasteiger partial charge on any atom is -0.346 e. The Bertz CT molecular complexity index is 544. The molecule has 6 nitrogen and oxygen atoms in total. The molecule has 23 heavy (non-hydrogen) atoms. The van der Waals surface area contributed by atoms with Crippen molar-refractivity contribution in [3.05, 3.63) is 28.7 Å². The summed E-state index contributed by atoms with van der Waals surface area (Å²) in [6.07, 6.45) is 0. The van der Waals surface area contributed by atoms with E-state index in [9.17, 15) is 9.59 Å². The van der Waals surface area contributed by atoms with E-state index in [0.29, 0.717) is 18.3 Å². The molecule has 1 aromatic carbocycles. The molecule has 0 spiro atoms. The van der Waals surface area contributed by atoms with Crippen LogP contribution in [0.15, 0.2) is 28.7 Å². The normalized spacial score (nSPS) is 17.9. The predicted molar refractivity (Wildman–Crippen MR) is 96.9 cm³/mol. The number of piperazine rings is 1. The quantitative estimate of drug-likeness (QED) is 0.689. The molecule has 1 atom stereocenters. The van der Waals surface area contributed by atoms with E-state index in [4.69, 9.17) is 0 Å². The summed E-state index contributed by atoms with van der Waals surface area (Å²) in [5.41, 5.74) is 0.692. The zero-order valence-electron chi connectivity index (χ0n) is 13.0. The van der Waals surface area contributed by atoms with Crippen LogP contribution in [0.5, 0.6) is 0 Å². The van der Waals surface area contributed by atoms with Gasteiger partial charge in [0.25, 0.3) is 0 Å². The van der Waals surface area contributed by atoms with E-state index in [-0.39, 0.29) is 30.8 Å². The molecule has 0 saturated carbocycles. The van der Waals surface area contributed by atoms with Crippen molar-refractivity contribution < 1.29 is 9.59 Å². The molecule has 2 rings (SSSR count). The van der Waals surface area contributed by atoms with E-state index in [1.165, 1.54) is 0 Å². The van der Waals surface area contributed by atoms with Crippen molar-refractivity contribution in [3.63, 3.8) is 0 Å². The molecule has 0 bridgehead atoms. The third-order valence-electron chi connectivity index (χ3n) is 3.58. The number of halogens is 2. The van der Waals surface area contributed by atoms with Gasteiger partial charge in [-0.05, 0) is 35.0 Å². The topological polar surface area (TPSA) is 73.5 Å². The summed E-state index contributed by atoms with van der Waals surface area (Å²) in [6.45, 7) is 5.00. The molecule has 0 aromatic heterocycles. The van der Waals surface area contributed by atoms with Crippen LogP contribution >= 0.6 is 28.3 Å². The van der Waals surface area contributed by atoms with Gasteiger partial charge in [0.2, 0.25) is 11.8 Å². The fourth-order valence-electron chi connectivity index (χ4n) is 2.29. The lowest BCUT2D eigenvalue weighted by molar-refractivity contribution is -0.125. The Morgan fingerprint density at radius 1 is 1.35 bits per heavy atom. The summed E-state index contributed by atoms with van der Waals surface area (Å²) in [5.74, 6) is -0.371. The number of carbonyl (C=O) groups is 2. The van der Waals surface area contributed by atoms with E-state index >= 15 is 0 Å². The number of para-hydroxylation sites is 1. The SMILES string of the molecule is C[C@H]1CNCCN1CC(=O)NCC(=O)Nc1ccccc1Br.Cl. The van der Waals surface area contributed by atoms with Crippen LogP contribution in [-0.2, 0) is 9.59 Å². The Morgan fingerprint density at radius 2 is 2.09 bits per heavy atom. The first-order valence-corrected chi connectivity index (χ1v) is 8.11. The number of nitrogens with one attached hydrogen (secondary N) is 3. The molecule has 1 aromatic rings. The highest BCUT2D eigenvalue weighted by molar-refractivity contribution is 9.10. The molecule has 1 saturated heterocycles. The van der Waals surface area contributed by atoms with Crippen LogP contribution in [0.2, 0.25) is 0 Å². The van der Waals surface area contributed by atoms with E-state index < -0.39 is 0 Å². The number of benzene rings is 1. The highest BCUT2D eigenvalue weighted by Gasteiger charge is 2.20. The minimum absolute atomic E-state index is 0. The van der Waals surface area contributed by atoms with Gasteiger partial charge in [0.15, 0.2) is 0 Å². The molecule has 1 aliphatic rings. The number of hydrogen-bond donors (Lipinski definition) is 3. The summed E-state index contributed by atoms with van der Waals surface area (Å²) >= 11 is 3.36. The molecule has 128 valence electrons. The van der Waals surface area contributed by atoms with Crippen LogP contribution in [0.4, 0.5) is 5.69 Å². The maximum absolute atomic E-state index is 11.9. The zero-order chi connectivity index (χ0) is 15.9. The van der Waals surface area contributed by atoms with Crippen LogP contribution in [-0.4, -0.2) is 55.5 Å². The maximum Gasteiger partial charge on any atom is 0.243 e. The highest BCUT2D eigenvalue weighted by Crippen LogP contribution is 2.20. The van der Waals surface area contributed by atoms with Gasteiger partial charge in [0, 0.05) is 30.1 Å². The molecule has 1 fully saturated rings. The molecule has 1 aliphatic heterocycles. The summed E-state index contributed by atoms with van der Waals surface area (Å²) in [5, 5.41) is 8.69. The molecular weight excluding hydrogens is 384 g/mol. The van der Waals surface area contributed by atoms with Crippen LogP contribution < -0.4 is 16.0 Å². The van der Waals surface area contributed by atoms with Crippen LogP contribution in [0, 0.1) is 0 Å². The monoisotopic (exact) mass is 404 g/mol. The van der Waals surface area contributed by atoms with E-state index in [0.717, 1.165) is 24.1 Å². The summed E-state index contributed by atoms with van der Waals surface area (Å²) in [6, 6.07) is 7.68. The van der Waals surface area contributed by atoms with E-state index in [1.54, 1.807) is 6.07 Å². The van der Waals surface area contributed by atoms with Crippen molar-refractivity contribution in [3.8, 4) is 0 Å². The van der Waals surface area contributed by atoms with E-state index in [1.807, 2.05) is 18.2 Å². The predicted octanol–water partition coefficient (Wildman–Crippen LogP) is 1.22. The second kappa shape index (κ2) is 9.87. The van der Waals surface area contributed by atoms with Gasteiger partial charge < -0.3 is 16.0 Å². The number of nitrogens with zero attached hydrogens (tertiary/aromatic N) is 1. The lowest BCUT2D eigenvalue weighted by atomic mass is 10.2. The molecule has 0 aliphatic carbocycles. The van der Waals surface area contributed by atoms with Gasteiger partial charge in [-0.1, -0.05) is 12.1 Å². The highest BCUT2D eigenvalue weighted by atomic mass is 79.9. The summed E-state index contributed by atoms with van der Waals surface area (Å²) in [4.78, 5) is 25.9. The van der Waals surface area contributed by atoms with Crippen molar-refractivity contribution in [1.82, 2.24) is 15.5 Å². The van der Waals surface area contributed by atoms with E-state index in [2.05, 4.69) is 43.7 Å². The van der Waals surface area contributed by atoms with Gasteiger partial charge in [-0.2, -0.15) is 0 Å². The number of rotatable bonds is 5. The third-order valence-corrected chi connectivity index (χ3v) is 4.27. The second-order valence-electron chi connectivity index (χ2n) is 5.33. The molecule has 0 unspecified atom stereocenters. The molecular formula is C15H22BrClN4O2. The Hall–Kier alpha value is -1.15. The number of hydrogen-bond acceptors (Lipinski definition) is 4. The Morgan fingerprint density at radius 3 is 2.78 bits per heavy atom. The fourth-order valence-corrected chi connectivity index (χ4v) is 2.68. The van der Waals surface area contributed by atoms with Gasteiger partial charge in [0.1, 0.15) is 0 Å². The molecule has 8 heteroatoms. The van der Waals surface area contributed by atoms with Crippen molar-refractivity contribution in [1.29, 1.82) is 0 Å². The standard InChI is InChI=1S/C15H21BrN4O2.ClH/c1-11-8-17-6-7-20(11)10-15(22)18-9-14(21)19-13-5-3-2-4-12(13)16;/h2-5,11,17H,6-10H2,1H3,(H,18,22)(H,19,21);1H/t11-;/m0./s1. The largest absolute Gasteiger partial charge is 0.346 e. The maximum atomic E-state index is 11.9. The Balaban J connectivity index is 0.00000264. The average Bonchev–Trinajstić information content (AvgIpc) is 2.50. The lowest BCUT2D eigenvalue weighted by Crippen LogP contribution is -2.53. The van der Waals surface area contributed by atoms with Crippen molar-refractivity contribution in [2.75, 3.05) is 38.0 Å². The number of amides is 2. The van der Waals surface area contributed by atoms with Gasteiger partial charge in [-0.3, -0.25) is 14.5 Å². The van der Waals surface area contributed by atoms with Crippen LogP contribution in [0.3, 0.4) is 0 Å².